The Bertz CT molecular complexity index is 861. The monoisotopic (exact) mass is 355 g/mol. The third-order valence-corrected chi connectivity index (χ3v) is 5.28. The zero-order valence-corrected chi connectivity index (χ0v) is 14.5. The van der Waals surface area contributed by atoms with Crippen molar-refractivity contribution >= 4 is 27.3 Å². The lowest BCUT2D eigenvalue weighted by Gasteiger charge is -2.16. The first kappa shape index (κ1) is 15.8. The van der Waals surface area contributed by atoms with E-state index in [0.29, 0.717) is 24.8 Å². The second-order valence-electron chi connectivity index (χ2n) is 5.84. The Balaban J connectivity index is 1.41. The maximum absolute atomic E-state index is 12.7. The Labute approximate surface area is 149 Å². The third-order valence-electron chi connectivity index (χ3n) is 4.18. The number of hydrogen-bond donors (Lipinski definition) is 0. The Hall–Kier alpha value is -2.67. The summed E-state index contributed by atoms with van der Waals surface area (Å²) in [6.07, 6.45) is 0.714. The van der Waals surface area contributed by atoms with Crippen molar-refractivity contribution in [1.82, 2.24) is 15.1 Å². The number of benzene rings is 1. The topological polar surface area (TPSA) is 64.6 Å². The van der Waals surface area contributed by atoms with Crippen LogP contribution < -0.4 is 9.47 Å². The summed E-state index contributed by atoms with van der Waals surface area (Å²) in [5, 5.41) is 8.97. The molecule has 0 spiro atoms. The molecule has 25 heavy (non-hydrogen) atoms. The number of nitrogens with zero attached hydrogens (tertiary/aromatic N) is 3. The van der Waals surface area contributed by atoms with Crippen molar-refractivity contribution in [1.29, 1.82) is 0 Å². The fourth-order valence-electron chi connectivity index (χ4n) is 2.90. The van der Waals surface area contributed by atoms with Gasteiger partial charge in [-0.15, -0.1) is 21.5 Å². The lowest BCUT2D eigenvalue weighted by atomic mass is 10.2. The quantitative estimate of drug-likeness (QED) is 0.720. The minimum atomic E-state index is -0.0685. The molecule has 1 aliphatic rings. The van der Waals surface area contributed by atoms with Crippen molar-refractivity contribution in [2.45, 2.75) is 12.5 Å². The number of amides is 1. The molecule has 1 fully saturated rings. The van der Waals surface area contributed by atoms with Crippen LogP contribution in [0, 0.1) is 0 Å². The van der Waals surface area contributed by atoms with Gasteiger partial charge < -0.3 is 14.4 Å². The van der Waals surface area contributed by atoms with Gasteiger partial charge in [0.05, 0.1) is 18.5 Å². The van der Waals surface area contributed by atoms with Crippen LogP contribution in [0.4, 0.5) is 0 Å². The van der Waals surface area contributed by atoms with E-state index in [1.54, 1.807) is 19.2 Å². The molecule has 0 N–H and O–H groups in total. The van der Waals surface area contributed by atoms with Gasteiger partial charge >= 0.3 is 0 Å². The minimum Gasteiger partial charge on any atom is -0.480 e. The maximum atomic E-state index is 12.7. The highest BCUT2D eigenvalue weighted by atomic mass is 32.1. The molecule has 3 aromatic rings. The molecular formula is C18H17N3O3S. The molecule has 1 saturated heterocycles. The molecule has 0 bridgehead atoms. The molecule has 7 heteroatoms. The SMILES string of the molecule is COc1ccc(OC2CCN(C(=O)c3cc4ccccc4s3)C2)nn1. The van der Waals surface area contributed by atoms with Crippen LogP contribution in [0.2, 0.25) is 0 Å². The Morgan fingerprint density at radius 1 is 1.20 bits per heavy atom. The first-order chi connectivity index (χ1) is 12.2. The zero-order chi connectivity index (χ0) is 17.2. The first-order valence-electron chi connectivity index (χ1n) is 8.05. The van der Waals surface area contributed by atoms with Crippen molar-refractivity contribution in [3.8, 4) is 11.8 Å². The highest BCUT2D eigenvalue weighted by Gasteiger charge is 2.29. The normalized spacial score (nSPS) is 17.0. The van der Waals surface area contributed by atoms with Gasteiger partial charge in [-0.05, 0) is 17.5 Å². The lowest BCUT2D eigenvalue weighted by molar-refractivity contribution is 0.0775. The highest BCUT2D eigenvalue weighted by molar-refractivity contribution is 7.20. The lowest BCUT2D eigenvalue weighted by Crippen LogP contribution is -2.30. The Morgan fingerprint density at radius 2 is 2.00 bits per heavy atom. The van der Waals surface area contributed by atoms with E-state index in [9.17, 15) is 4.79 Å². The second kappa shape index (κ2) is 6.68. The Kier molecular flexibility index (Phi) is 4.23. The zero-order valence-electron chi connectivity index (χ0n) is 13.7. The fourth-order valence-corrected chi connectivity index (χ4v) is 3.93. The number of carbonyl (C=O) groups is 1. The second-order valence-corrected chi connectivity index (χ2v) is 6.93. The van der Waals surface area contributed by atoms with E-state index >= 15 is 0 Å². The summed E-state index contributed by atoms with van der Waals surface area (Å²) < 4.78 is 11.9. The van der Waals surface area contributed by atoms with E-state index in [1.807, 2.05) is 35.2 Å². The smallest absolute Gasteiger partial charge is 0.264 e. The van der Waals surface area contributed by atoms with Crippen molar-refractivity contribution in [2.24, 2.45) is 0 Å². The van der Waals surface area contributed by atoms with Gasteiger partial charge in [0.25, 0.3) is 5.91 Å². The standard InChI is InChI=1S/C18H17N3O3S/c1-23-16-6-7-17(20-19-16)24-13-8-9-21(11-13)18(22)15-10-12-4-2-3-5-14(12)25-15/h2-7,10,13H,8-9,11H2,1H3. The summed E-state index contributed by atoms with van der Waals surface area (Å²) >= 11 is 1.53. The number of rotatable bonds is 4. The predicted molar refractivity (Wildman–Crippen MR) is 95.3 cm³/mol. The summed E-state index contributed by atoms with van der Waals surface area (Å²) in [6.45, 7) is 1.24. The molecule has 1 unspecified atom stereocenters. The minimum absolute atomic E-state index is 0.0631. The predicted octanol–water partition coefficient (Wildman–Crippen LogP) is 2.99. The highest BCUT2D eigenvalue weighted by Crippen LogP contribution is 2.27. The van der Waals surface area contributed by atoms with Crippen LogP contribution in [0.15, 0.2) is 42.5 Å². The molecule has 1 amide bonds. The van der Waals surface area contributed by atoms with Crippen LogP contribution in [0.3, 0.4) is 0 Å². The third kappa shape index (κ3) is 3.28. The van der Waals surface area contributed by atoms with Gasteiger partial charge in [0, 0.05) is 29.8 Å². The number of hydrogen-bond acceptors (Lipinski definition) is 6. The molecule has 0 saturated carbocycles. The van der Waals surface area contributed by atoms with E-state index in [-0.39, 0.29) is 12.0 Å². The van der Waals surface area contributed by atoms with Crippen LogP contribution in [0.1, 0.15) is 16.1 Å². The summed E-state index contributed by atoms with van der Waals surface area (Å²) in [5.41, 5.74) is 0. The molecule has 1 aromatic carbocycles. The van der Waals surface area contributed by atoms with Crippen LogP contribution in [-0.4, -0.2) is 47.3 Å². The number of methoxy groups -OCH3 is 1. The summed E-state index contributed by atoms with van der Waals surface area (Å²) in [4.78, 5) is 15.3. The molecule has 6 nitrogen and oxygen atoms in total. The molecule has 1 atom stereocenters. The molecular weight excluding hydrogens is 338 g/mol. The average molecular weight is 355 g/mol. The van der Waals surface area contributed by atoms with E-state index in [0.717, 1.165) is 21.4 Å². The van der Waals surface area contributed by atoms with Gasteiger partial charge in [0.2, 0.25) is 11.8 Å². The van der Waals surface area contributed by atoms with Gasteiger partial charge in [-0.1, -0.05) is 18.2 Å². The van der Waals surface area contributed by atoms with Gasteiger partial charge in [-0.25, -0.2) is 0 Å². The number of likely N-dealkylation sites (tertiary alicyclic amines) is 1. The molecule has 0 aliphatic carbocycles. The van der Waals surface area contributed by atoms with Gasteiger partial charge in [0.1, 0.15) is 6.10 Å². The maximum Gasteiger partial charge on any atom is 0.264 e. The molecule has 128 valence electrons. The van der Waals surface area contributed by atoms with Crippen LogP contribution >= 0.6 is 11.3 Å². The molecule has 1 aliphatic heterocycles. The average Bonchev–Trinajstić information content (AvgIpc) is 3.28. The van der Waals surface area contributed by atoms with Gasteiger partial charge in [-0.3, -0.25) is 4.79 Å². The molecule has 0 radical (unpaired) electrons. The van der Waals surface area contributed by atoms with E-state index in [4.69, 9.17) is 9.47 Å². The number of fused-ring (bicyclic) bond motifs is 1. The largest absolute Gasteiger partial charge is 0.480 e. The number of ether oxygens (including phenoxy) is 2. The van der Waals surface area contributed by atoms with E-state index in [1.165, 1.54) is 11.3 Å². The number of carbonyl (C=O) groups excluding carboxylic acids is 1. The van der Waals surface area contributed by atoms with E-state index < -0.39 is 0 Å². The van der Waals surface area contributed by atoms with Crippen LogP contribution in [0.25, 0.3) is 10.1 Å². The molecule has 3 heterocycles. The molecule has 4 rings (SSSR count). The summed E-state index contributed by atoms with van der Waals surface area (Å²) in [5.74, 6) is 0.954. The van der Waals surface area contributed by atoms with Crippen molar-refractivity contribution in [3.63, 3.8) is 0 Å². The number of aromatic nitrogens is 2. The summed E-state index contributed by atoms with van der Waals surface area (Å²) in [6, 6.07) is 13.4. The van der Waals surface area contributed by atoms with Gasteiger partial charge in [0.15, 0.2) is 0 Å². The van der Waals surface area contributed by atoms with Crippen molar-refractivity contribution in [2.75, 3.05) is 20.2 Å². The van der Waals surface area contributed by atoms with Gasteiger partial charge in [-0.2, -0.15) is 0 Å². The van der Waals surface area contributed by atoms with Crippen molar-refractivity contribution in [3.05, 3.63) is 47.3 Å². The van der Waals surface area contributed by atoms with Crippen LogP contribution in [0.5, 0.6) is 11.8 Å². The van der Waals surface area contributed by atoms with Crippen LogP contribution in [-0.2, 0) is 0 Å². The molecule has 2 aromatic heterocycles. The summed E-state index contributed by atoms with van der Waals surface area (Å²) in [7, 11) is 1.54. The number of thiophene rings is 1. The fraction of sp³-hybridized carbons (Fsp3) is 0.278. The first-order valence-corrected chi connectivity index (χ1v) is 8.87. The Morgan fingerprint density at radius 3 is 2.76 bits per heavy atom. The van der Waals surface area contributed by atoms with E-state index in [2.05, 4.69) is 10.2 Å². The van der Waals surface area contributed by atoms with Crippen molar-refractivity contribution < 1.29 is 14.3 Å².